The molecule has 3 aliphatic heterocycles. The van der Waals surface area contributed by atoms with Gasteiger partial charge < -0.3 is 30.0 Å². The largest absolute Gasteiger partial charge is 0.488 e. The zero-order chi connectivity index (χ0) is 26.1. The number of amides is 2. The van der Waals surface area contributed by atoms with Crippen LogP contribution in [0.5, 0.6) is 11.5 Å². The molecule has 3 aliphatic rings. The molecule has 11 nitrogen and oxygen atoms in total. The Bertz CT molecular complexity index is 1490. The van der Waals surface area contributed by atoms with Crippen molar-refractivity contribution in [3.05, 3.63) is 71.8 Å². The fraction of sp³-hybridized carbons (Fsp3) is 0.296. The highest BCUT2D eigenvalue weighted by Crippen LogP contribution is 2.27. The normalized spacial score (nSPS) is 20.1. The van der Waals surface area contributed by atoms with Gasteiger partial charge in [0, 0.05) is 31.6 Å². The molecular formula is C27H27N7O4. The summed E-state index contributed by atoms with van der Waals surface area (Å²) in [5.74, 6) is 1.42. The minimum absolute atomic E-state index is 0.145. The highest BCUT2D eigenvalue weighted by Gasteiger charge is 2.34. The monoisotopic (exact) mass is 513 g/mol. The summed E-state index contributed by atoms with van der Waals surface area (Å²) in [5.41, 5.74) is 3.56. The van der Waals surface area contributed by atoms with Gasteiger partial charge in [0.2, 0.25) is 0 Å². The number of imidazole rings is 1. The van der Waals surface area contributed by atoms with Crippen molar-refractivity contribution in [1.82, 2.24) is 30.6 Å². The zero-order valence-corrected chi connectivity index (χ0v) is 20.8. The Hall–Kier alpha value is -4.67. The van der Waals surface area contributed by atoms with E-state index in [1.807, 2.05) is 37.3 Å². The summed E-state index contributed by atoms with van der Waals surface area (Å²) in [4.78, 5) is 43.9. The van der Waals surface area contributed by atoms with Gasteiger partial charge >= 0.3 is 0 Å². The van der Waals surface area contributed by atoms with Gasteiger partial charge in [0.05, 0.1) is 12.4 Å². The quantitative estimate of drug-likeness (QED) is 0.352. The van der Waals surface area contributed by atoms with Crippen molar-refractivity contribution in [2.24, 2.45) is 0 Å². The molecule has 0 radical (unpaired) electrons. The minimum Gasteiger partial charge on any atom is -0.488 e. The van der Waals surface area contributed by atoms with Gasteiger partial charge in [0.25, 0.3) is 11.8 Å². The number of fused-ring (bicyclic) bond motifs is 8. The zero-order valence-electron chi connectivity index (χ0n) is 20.8. The lowest BCUT2D eigenvalue weighted by atomic mass is 10.0. The molecule has 2 amide bonds. The second kappa shape index (κ2) is 10.0. The number of nitrogens with one attached hydrogen (secondary N) is 3. The summed E-state index contributed by atoms with van der Waals surface area (Å²) < 4.78 is 12.1. The lowest BCUT2D eigenvalue weighted by Gasteiger charge is -2.39. The predicted octanol–water partition coefficient (Wildman–Crippen LogP) is 2.13. The molecule has 0 spiro atoms. The third kappa shape index (κ3) is 4.82. The Morgan fingerprint density at radius 1 is 1.05 bits per heavy atom. The van der Waals surface area contributed by atoms with Gasteiger partial charge in [-0.1, -0.05) is 18.2 Å². The van der Waals surface area contributed by atoms with Gasteiger partial charge in [-0.05, 0) is 42.3 Å². The van der Waals surface area contributed by atoms with Gasteiger partial charge in [-0.3, -0.25) is 9.59 Å². The summed E-state index contributed by atoms with van der Waals surface area (Å²) in [6.45, 7) is 3.26. The predicted molar refractivity (Wildman–Crippen MR) is 139 cm³/mol. The third-order valence-electron chi connectivity index (χ3n) is 6.88. The molecule has 38 heavy (non-hydrogen) atoms. The first-order chi connectivity index (χ1) is 18.5. The number of nitrogens with zero attached hydrogens (tertiary/aromatic N) is 4. The van der Waals surface area contributed by atoms with E-state index in [1.165, 1.54) is 6.33 Å². The lowest BCUT2D eigenvalue weighted by Crippen LogP contribution is -2.57. The molecule has 11 heteroatoms. The number of aromatic amines is 1. The van der Waals surface area contributed by atoms with E-state index >= 15 is 0 Å². The number of hydrogen-bond acceptors (Lipinski definition) is 8. The maximum absolute atomic E-state index is 13.4. The van der Waals surface area contributed by atoms with E-state index in [1.54, 1.807) is 18.5 Å². The van der Waals surface area contributed by atoms with E-state index < -0.39 is 0 Å². The van der Waals surface area contributed by atoms with Crippen LogP contribution in [0.2, 0.25) is 0 Å². The van der Waals surface area contributed by atoms with E-state index in [0.29, 0.717) is 48.8 Å². The van der Waals surface area contributed by atoms with Crippen molar-refractivity contribution in [3.63, 3.8) is 0 Å². The molecule has 0 saturated carbocycles. The summed E-state index contributed by atoms with van der Waals surface area (Å²) in [6, 6.07) is 12.5. The van der Waals surface area contributed by atoms with E-state index in [9.17, 15) is 9.59 Å². The van der Waals surface area contributed by atoms with Gasteiger partial charge in [0.15, 0.2) is 18.1 Å². The smallest absolute Gasteiger partial charge is 0.258 e. The van der Waals surface area contributed by atoms with Crippen molar-refractivity contribution in [2.75, 3.05) is 24.6 Å². The molecule has 0 aliphatic carbocycles. The number of aryl methyl sites for hydroxylation is 1. The van der Waals surface area contributed by atoms with Crippen LogP contribution >= 0.6 is 0 Å². The number of benzene rings is 2. The molecular weight excluding hydrogens is 486 g/mol. The molecule has 3 N–H and O–H groups in total. The molecule has 7 rings (SSSR count). The maximum Gasteiger partial charge on any atom is 0.258 e. The molecule has 4 bridgehead atoms. The number of piperidine rings is 1. The first-order valence-corrected chi connectivity index (χ1v) is 12.5. The molecule has 2 atom stereocenters. The second-order valence-electron chi connectivity index (χ2n) is 9.46. The average Bonchev–Trinajstić information content (AvgIpc) is 3.42. The van der Waals surface area contributed by atoms with Crippen LogP contribution in [0.4, 0.5) is 5.82 Å². The highest BCUT2D eigenvalue weighted by atomic mass is 16.5. The van der Waals surface area contributed by atoms with Crippen molar-refractivity contribution >= 4 is 28.8 Å². The van der Waals surface area contributed by atoms with Crippen molar-refractivity contribution in [1.29, 1.82) is 0 Å². The Morgan fingerprint density at radius 3 is 2.79 bits per heavy atom. The highest BCUT2D eigenvalue weighted by molar-refractivity contribution is 5.95. The lowest BCUT2D eigenvalue weighted by molar-refractivity contribution is -0.123. The van der Waals surface area contributed by atoms with Crippen LogP contribution in [-0.2, 0) is 11.3 Å². The second-order valence-corrected chi connectivity index (χ2v) is 9.46. The number of carbonyl (C=O) groups excluding carboxylic acids is 2. The van der Waals surface area contributed by atoms with Gasteiger partial charge in [-0.15, -0.1) is 0 Å². The molecule has 2 aromatic carbocycles. The Balaban J connectivity index is 1.32. The van der Waals surface area contributed by atoms with Crippen molar-refractivity contribution in [3.8, 4) is 11.5 Å². The summed E-state index contributed by atoms with van der Waals surface area (Å²) in [7, 11) is 0. The van der Waals surface area contributed by atoms with Crippen LogP contribution in [0.25, 0.3) is 11.2 Å². The van der Waals surface area contributed by atoms with Gasteiger partial charge in [0.1, 0.15) is 29.4 Å². The summed E-state index contributed by atoms with van der Waals surface area (Å²) in [6.07, 6.45) is 3.48. The minimum atomic E-state index is -0.339. The SMILES string of the molecule is Cc1ccc2cc1OCC(=O)NCc1ccc(cc1)O[C@H]1CCN(c3ncnc4nc[nH]c34)C[C@@H]1NC2=O. The van der Waals surface area contributed by atoms with E-state index in [0.717, 1.165) is 22.5 Å². The number of hydrogen-bond donors (Lipinski definition) is 3. The standard InChI is InChI=1S/C27H27N7O4/c1-16-2-5-18-10-22(16)37-13-23(35)28-11-17-3-6-19(7-4-17)38-21-8-9-34(12-20(21)33-27(18)36)26-24-25(30-14-29-24)31-15-32-26/h2-7,10,14-15,20-21H,8-9,11-13H2,1H3,(H,28,35)(H,33,36)(H,29,30,31,32)/t20-,21-/m0/s1. The first kappa shape index (κ1) is 23.7. The Labute approximate surface area is 218 Å². The van der Waals surface area contributed by atoms with Crippen LogP contribution in [0.15, 0.2) is 55.1 Å². The number of H-pyrrole nitrogens is 1. The van der Waals surface area contributed by atoms with Crippen LogP contribution in [0.1, 0.15) is 27.9 Å². The molecule has 1 saturated heterocycles. The molecule has 2 aromatic heterocycles. The molecule has 0 unspecified atom stereocenters. The maximum atomic E-state index is 13.4. The molecule has 194 valence electrons. The number of carbonyl (C=O) groups is 2. The van der Waals surface area contributed by atoms with E-state index in [-0.39, 0.29) is 30.6 Å². The van der Waals surface area contributed by atoms with Gasteiger partial charge in [-0.2, -0.15) is 0 Å². The fourth-order valence-electron chi connectivity index (χ4n) is 4.80. The van der Waals surface area contributed by atoms with Crippen LogP contribution in [-0.4, -0.2) is 63.6 Å². The van der Waals surface area contributed by atoms with Crippen molar-refractivity contribution < 1.29 is 19.1 Å². The molecule has 1 fully saturated rings. The van der Waals surface area contributed by atoms with E-state index in [4.69, 9.17) is 9.47 Å². The van der Waals surface area contributed by atoms with Crippen LogP contribution in [0, 0.1) is 6.92 Å². The molecule has 4 aromatic rings. The van der Waals surface area contributed by atoms with Crippen LogP contribution < -0.4 is 25.0 Å². The van der Waals surface area contributed by atoms with E-state index in [2.05, 4.69) is 35.5 Å². The topological polar surface area (TPSA) is 134 Å². The van der Waals surface area contributed by atoms with Crippen LogP contribution in [0.3, 0.4) is 0 Å². The first-order valence-electron chi connectivity index (χ1n) is 12.5. The average molecular weight is 514 g/mol. The summed E-state index contributed by atoms with van der Waals surface area (Å²) >= 11 is 0. The van der Waals surface area contributed by atoms with Gasteiger partial charge in [-0.25, -0.2) is 15.0 Å². The molecule has 5 heterocycles. The number of anilines is 1. The third-order valence-corrected chi connectivity index (χ3v) is 6.88. The Kier molecular flexibility index (Phi) is 6.24. The number of ether oxygens (including phenoxy) is 2. The van der Waals surface area contributed by atoms with Crippen molar-refractivity contribution in [2.45, 2.75) is 32.0 Å². The Morgan fingerprint density at radius 2 is 1.92 bits per heavy atom. The fourth-order valence-corrected chi connectivity index (χ4v) is 4.80. The number of aromatic nitrogens is 4. The summed E-state index contributed by atoms with van der Waals surface area (Å²) in [5, 5.41) is 6.03. The number of rotatable bonds is 1.